The van der Waals surface area contributed by atoms with E-state index in [1.807, 2.05) is 12.1 Å². The first-order valence-electron chi connectivity index (χ1n) is 11.3. The number of hydrogen-bond acceptors (Lipinski definition) is 7. The number of amides is 1. The van der Waals surface area contributed by atoms with E-state index in [2.05, 4.69) is 28.0 Å². The lowest BCUT2D eigenvalue weighted by Gasteiger charge is -2.35. The fraction of sp³-hybridized carbons (Fsp3) is 0.480. The highest BCUT2D eigenvalue weighted by molar-refractivity contribution is 5.97. The Bertz CT molecular complexity index is 988. The average Bonchev–Trinajstić information content (AvgIpc) is 2.85. The number of piperazine rings is 1. The van der Waals surface area contributed by atoms with E-state index < -0.39 is 0 Å². The van der Waals surface area contributed by atoms with Crippen molar-refractivity contribution in [2.24, 2.45) is 0 Å². The van der Waals surface area contributed by atoms with Gasteiger partial charge in [-0.05, 0) is 30.2 Å². The lowest BCUT2D eigenvalue weighted by atomic mass is 10.1. The van der Waals surface area contributed by atoms with Crippen LogP contribution in [0.1, 0.15) is 11.1 Å². The van der Waals surface area contributed by atoms with Crippen molar-refractivity contribution in [3.63, 3.8) is 0 Å². The van der Waals surface area contributed by atoms with Crippen LogP contribution in [0.2, 0.25) is 0 Å². The van der Waals surface area contributed by atoms with Crippen LogP contribution in [0.25, 0.3) is 0 Å². The van der Waals surface area contributed by atoms with E-state index in [9.17, 15) is 4.79 Å². The van der Waals surface area contributed by atoms with Crippen LogP contribution >= 0.6 is 0 Å². The van der Waals surface area contributed by atoms with Crippen molar-refractivity contribution in [2.75, 3.05) is 72.6 Å². The fourth-order valence-corrected chi connectivity index (χ4v) is 4.46. The summed E-state index contributed by atoms with van der Waals surface area (Å²) in [5, 5.41) is 0. The Morgan fingerprint density at radius 3 is 2.33 bits per heavy atom. The minimum Gasteiger partial charge on any atom is -0.493 e. The molecule has 0 saturated carbocycles. The zero-order valence-corrected chi connectivity index (χ0v) is 19.9. The number of rotatable bonds is 8. The molecule has 33 heavy (non-hydrogen) atoms. The van der Waals surface area contributed by atoms with Gasteiger partial charge in [-0.25, -0.2) is 0 Å². The average molecular weight is 456 g/mol. The number of carbonyl (C=O) groups is 1. The van der Waals surface area contributed by atoms with Crippen molar-refractivity contribution in [1.82, 2.24) is 9.80 Å². The Morgan fingerprint density at radius 1 is 0.909 bits per heavy atom. The highest BCUT2D eigenvalue weighted by atomic mass is 16.5. The molecular weight excluding hydrogens is 422 g/mol. The maximum Gasteiger partial charge on any atom is 0.264 e. The van der Waals surface area contributed by atoms with Crippen molar-refractivity contribution in [3.8, 4) is 23.0 Å². The van der Waals surface area contributed by atoms with Crippen LogP contribution < -0.4 is 23.8 Å². The zero-order valence-electron chi connectivity index (χ0n) is 19.9. The Hall–Kier alpha value is -2.97. The third kappa shape index (κ3) is 5.02. The number of benzene rings is 2. The third-order valence-corrected chi connectivity index (χ3v) is 6.47. The lowest BCUT2D eigenvalue weighted by molar-refractivity contribution is -0.120. The van der Waals surface area contributed by atoms with E-state index in [1.54, 1.807) is 33.3 Å². The van der Waals surface area contributed by atoms with E-state index in [0.717, 1.165) is 68.4 Å². The van der Waals surface area contributed by atoms with Gasteiger partial charge in [-0.1, -0.05) is 12.1 Å². The Labute approximate surface area is 195 Å². The molecule has 1 fully saturated rings. The summed E-state index contributed by atoms with van der Waals surface area (Å²) in [5.74, 6) is 2.83. The summed E-state index contributed by atoms with van der Waals surface area (Å²) in [7, 11) is 6.73. The number of carbonyl (C=O) groups excluding carboxylic acids is 1. The molecule has 178 valence electrons. The highest BCUT2D eigenvalue weighted by Gasteiger charge is 2.23. The SMILES string of the molecule is COc1ccc(CN2CCN(CCc3ccc4c(c3)OCC(=O)N4C)CC2)c(OC)c1OC. The molecule has 0 unspecified atom stereocenters. The fourth-order valence-electron chi connectivity index (χ4n) is 4.46. The van der Waals surface area contributed by atoms with Gasteiger partial charge in [0.2, 0.25) is 5.75 Å². The second-order valence-corrected chi connectivity index (χ2v) is 8.40. The molecule has 8 heteroatoms. The number of fused-ring (bicyclic) bond motifs is 1. The van der Waals surface area contributed by atoms with Crippen LogP contribution in [0, 0.1) is 0 Å². The van der Waals surface area contributed by atoms with Gasteiger partial charge >= 0.3 is 0 Å². The van der Waals surface area contributed by atoms with E-state index in [1.165, 1.54) is 5.56 Å². The second kappa shape index (κ2) is 10.3. The lowest BCUT2D eigenvalue weighted by Crippen LogP contribution is -2.46. The molecule has 0 N–H and O–H groups in total. The number of nitrogens with zero attached hydrogens (tertiary/aromatic N) is 3. The molecule has 0 aromatic heterocycles. The van der Waals surface area contributed by atoms with Gasteiger partial charge in [0.05, 0.1) is 27.0 Å². The van der Waals surface area contributed by atoms with Crippen LogP contribution in [0.5, 0.6) is 23.0 Å². The van der Waals surface area contributed by atoms with Crippen molar-refractivity contribution in [2.45, 2.75) is 13.0 Å². The van der Waals surface area contributed by atoms with Crippen molar-refractivity contribution < 1.29 is 23.7 Å². The summed E-state index contributed by atoms with van der Waals surface area (Å²) >= 11 is 0. The molecule has 1 saturated heterocycles. The van der Waals surface area contributed by atoms with Gasteiger partial charge in [-0.2, -0.15) is 0 Å². The standard InChI is InChI=1S/C25H33N3O5/c1-26-20-7-5-18(15-22(20)33-17-23(26)29)9-10-27-11-13-28(14-12-27)16-19-6-8-21(30-2)25(32-4)24(19)31-3/h5-8,15H,9-14,16-17H2,1-4H3. The molecule has 0 aliphatic carbocycles. The first-order valence-corrected chi connectivity index (χ1v) is 11.3. The molecule has 0 atom stereocenters. The van der Waals surface area contributed by atoms with E-state index in [-0.39, 0.29) is 12.5 Å². The first kappa shape index (κ1) is 23.2. The van der Waals surface area contributed by atoms with Crippen LogP contribution in [-0.2, 0) is 17.8 Å². The summed E-state index contributed by atoms with van der Waals surface area (Å²) < 4.78 is 22.2. The highest BCUT2D eigenvalue weighted by Crippen LogP contribution is 2.40. The maximum atomic E-state index is 11.8. The van der Waals surface area contributed by atoms with Gasteiger partial charge in [0, 0.05) is 51.9 Å². The molecule has 2 aromatic rings. The quantitative estimate of drug-likeness (QED) is 0.606. The minimum atomic E-state index is -0.0150. The van der Waals surface area contributed by atoms with Gasteiger partial charge in [-0.3, -0.25) is 9.69 Å². The second-order valence-electron chi connectivity index (χ2n) is 8.40. The molecule has 0 spiro atoms. The van der Waals surface area contributed by atoms with E-state index >= 15 is 0 Å². The summed E-state index contributed by atoms with van der Waals surface area (Å²) in [6.45, 7) is 5.96. The largest absolute Gasteiger partial charge is 0.493 e. The van der Waals surface area contributed by atoms with Gasteiger partial charge in [-0.15, -0.1) is 0 Å². The molecule has 4 rings (SSSR count). The molecule has 2 aliphatic rings. The molecule has 0 radical (unpaired) electrons. The number of anilines is 1. The van der Waals surface area contributed by atoms with E-state index in [4.69, 9.17) is 18.9 Å². The molecular formula is C25H33N3O5. The predicted molar refractivity (Wildman–Crippen MR) is 127 cm³/mol. The molecule has 1 amide bonds. The molecule has 2 aliphatic heterocycles. The van der Waals surface area contributed by atoms with Crippen LogP contribution in [0.3, 0.4) is 0 Å². The summed E-state index contributed by atoms with van der Waals surface area (Å²) in [6, 6.07) is 10.1. The topological polar surface area (TPSA) is 63.7 Å². The smallest absolute Gasteiger partial charge is 0.264 e. The number of ether oxygens (including phenoxy) is 4. The molecule has 0 bridgehead atoms. The van der Waals surface area contributed by atoms with Crippen molar-refractivity contribution in [3.05, 3.63) is 41.5 Å². The van der Waals surface area contributed by atoms with Crippen LogP contribution in [0.4, 0.5) is 5.69 Å². The van der Waals surface area contributed by atoms with Gasteiger partial charge in [0.15, 0.2) is 18.1 Å². The molecule has 2 heterocycles. The summed E-state index contributed by atoms with van der Waals surface area (Å²) in [4.78, 5) is 18.4. The van der Waals surface area contributed by atoms with Crippen LogP contribution in [0.15, 0.2) is 30.3 Å². The summed E-state index contributed by atoms with van der Waals surface area (Å²) in [6.07, 6.45) is 0.956. The Kier molecular flexibility index (Phi) is 7.25. The monoisotopic (exact) mass is 455 g/mol. The summed E-state index contributed by atoms with van der Waals surface area (Å²) in [5.41, 5.74) is 3.17. The van der Waals surface area contributed by atoms with Crippen LogP contribution in [-0.4, -0.2) is 83.4 Å². The molecule has 2 aromatic carbocycles. The van der Waals surface area contributed by atoms with E-state index in [0.29, 0.717) is 11.5 Å². The third-order valence-electron chi connectivity index (χ3n) is 6.47. The minimum absolute atomic E-state index is 0.0150. The normalized spacial score (nSPS) is 16.8. The van der Waals surface area contributed by atoms with Crippen molar-refractivity contribution in [1.29, 1.82) is 0 Å². The van der Waals surface area contributed by atoms with Gasteiger partial charge < -0.3 is 28.7 Å². The zero-order chi connectivity index (χ0) is 23.4. The van der Waals surface area contributed by atoms with Gasteiger partial charge in [0.1, 0.15) is 5.75 Å². The molecule has 8 nitrogen and oxygen atoms in total. The Morgan fingerprint density at radius 2 is 1.64 bits per heavy atom. The number of likely N-dealkylation sites (N-methyl/N-ethyl adjacent to an activating group) is 1. The van der Waals surface area contributed by atoms with Crippen molar-refractivity contribution >= 4 is 11.6 Å². The Balaban J connectivity index is 1.30. The maximum absolute atomic E-state index is 11.8. The van der Waals surface area contributed by atoms with Gasteiger partial charge in [0.25, 0.3) is 5.91 Å². The predicted octanol–water partition coefficient (Wildman–Crippen LogP) is 2.43. The first-order chi connectivity index (χ1) is 16.0. The number of methoxy groups -OCH3 is 3. The number of hydrogen-bond donors (Lipinski definition) is 0.